The Morgan fingerprint density at radius 1 is 1.15 bits per heavy atom. The smallest absolute Gasteiger partial charge is 0.257 e. The summed E-state index contributed by atoms with van der Waals surface area (Å²) in [6.45, 7) is -2.48. The molecule has 112 valence electrons. The molecule has 0 spiro atoms. The molecule has 0 aliphatic heterocycles. The Kier molecular flexibility index (Phi) is 5.37. The molecule has 1 aromatic rings. The molecule has 0 radical (unpaired) electrons. The van der Waals surface area contributed by atoms with Crippen molar-refractivity contribution in [2.45, 2.75) is 6.43 Å². The molecule has 0 saturated carbocycles. The minimum absolute atomic E-state index is 0.0753. The molecule has 0 aliphatic carbocycles. The first kappa shape index (κ1) is 16.3. The zero-order valence-electron chi connectivity index (χ0n) is 9.85. The van der Waals surface area contributed by atoms with E-state index in [1.807, 2.05) is 0 Å². The van der Waals surface area contributed by atoms with Crippen LogP contribution in [0.25, 0.3) is 0 Å². The first-order valence-corrected chi connectivity index (χ1v) is 5.30. The van der Waals surface area contributed by atoms with Crippen molar-refractivity contribution in [3.05, 3.63) is 34.9 Å². The van der Waals surface area contributed by atoms with Gasteiger partial charge in [0, 0.05) is 6.54 Å². The molecular formula is C11H9F6NO2. The Labute approximate surface area is 109 Å². The lowest BCUT2D eigenvalue weighted by Gasteiger charge is -2.21. The Morgan fingerprint density at radius 2 is 1.75 bits per heavy atom. The molecule has 0 fully saturated rings. The monoisotopic (exact) mass is 301 g/mol. The predicted molar refractivity (Wildman–Crippen MR) is 55.3 cm³/mol. The standard InChI is InChI=1S/C11H9F6NO2/c12-6-3-5(8(15)10(17)9(6)16)11(20)18(1-2-19)4-7(13)14/h3,7,19H,1-2,4H2. The third kappa shape index (κ3) is 3.41. The van der Waals surface area contributed by atoms with E-state index >= 15 is 0 Å². The summed E-state index contributed by atoms with van der Waals surface area (Å²) in [6, 6.07) is 0.0753. The van der Waals surface area contributed by atoms with E-state index in [4.69, 9.17) is 5.11 Å². The van der Waals surface area contributed by atoms with Crippen LogP contribution >= 0.6 is 0 Å². The summed E-state index contributed by atoms with van der Waals surface area (Å²) >= 11 is 0. The number of aliphatic hydroxyl groups excluding tert-OH is 1. The third-order valence-electron chi connectivity index (χ3n) is 2.35. The van der Waals surface area contributed by atoms with Crippen LogP contribution in [-0.4, -0.2) is 42.0 Å². The number of alkyl halides is 2. The lowest BCUT2D eigenvalue weighted by atomic mass is 10.1. The van der Waals surface area contributed by atoms with Crippen LogP contribution in [-0.2, 0) is 0 Å². The zero-order chi connectivity index (χ0) is 15.4. The number of halogens is 6. The Hall–Kier alpha value is -1.77. The molecule has 3 nitrogen and oxygen atoms in total. The summed E-state index contributed by atoms with van der Waals surface area (Å²) in [6.07, 6.45) is -3.00. The number of amides is 1. The van der Waals surface area contributed by atoms with Crippen molar-refractivity contribution in [1.29, 1.82) is 0 Å². The quantitative estimate of drug-likeness (QED) is 0.513. The van der Waals surface area contributed by atoms with Gasteiger partial charge in [0.05, 0.1) is 18.7 Å². The summed E-state index contributed by atoms with van der Waals surface area (Å²) in [5, 5.41) is 8.63. The van der Waals surface area contributed by atoms with Gasteiger partial charge in [0.15, 0.2) is 23.3 Å². The maximum atomic E-state index is 13.4. The molecule has 0 aliphatic rings. The van der Waals surface area contributed by atoms with Crippen LogP contribution in [0.1, 0.15) is 10.4 Å². The second-order valence-electron chi connectivity index (χ2n) is 3.71. The molecule has 1 rings (SSSR count). The molecule has 0 heterocycles. The first-order valence-electron chi connectivity index (χ1n) is 5.30. The van der Waals surface area contributed by atoms with Crippen molar-refractivity contribution in [3.63, 3.8) is 0 Å². The van der Waals surface area contributed by atoms with Gasteiger partial charge in [-0.3, -0.25) is 4.79 Å². The van der Waals surface area contributed by atoms with Gasteiger partial charge < -0.3 is 10.0 Å². The summed E-state index contributed by atoms with van der Waals surface area (Å²) in [5.41, 5.74) is -1.23. The van der Waals surface area contributed by atoms with Gasteiger partial charge >= 0.3 is 0 Å². The van der Waals surface area contributed by atoms with Gasteiger partial charge in [-0.2, -0.15) is 0 Å². The topological polar surface area (TPSA) is 40.5 Å². The Morgan fingerprint density at radius 3 is 2.25 bits per heavy atom. The van der Waals surface area contributed by atoms with E-state index in [1.165, 1.54) is 0 Å². The Balaban J connectivity index is 3.18. The number of hydrogen-bond acceptors (Lipinski definition) is 2. The maximum Gasteiger partial charge on any atom is 0.257 e. The number of benzene rings is 1. The zero-order valence-corrected chi connectivity index (χ0v) is 9.85. The summed E-state index contributed by atoms with van der Waals surface area (Å²) in [5.74, 6) is -9.61. The van der Waals surface area contributed by atoms with Crippen LogP contribution in [0.4, 0.5) is 26.3 Å². The van der Waals surface area contributed by atoms with Crippen LogP contribution in [0.5, 0.6) is 0 Å². The molecule has 1 amide bonds. The van der Waals surface area contributed by atoms with Crippen LogP contribution in [0.15, 0.2) is 6.07 Å². The van der Waals surface area contributed by atoms with Crippen molar-refractivity contribution in [2.24, 2.45) is 0 Å². The van der Waals surface area contributed by atoms with E-state index in [0.29, 0.717) is 4.90 Å². The highest BCUT2D eigenvalue weighted by Gasteiger charge is 2.27. The number of nitrogens with zero attached hydrogens (tertiary/aromatic N) is 1. The summed E-state index contributed by atoms with van der Waals surface area (Å²) < 4.78 is 76.4. The van der Waals surface area contributed by atoms with Crippen molar-refractivity contribution in [2.75, 3.05) is 19.7 Å². The maximum absolute atomic E-state index is 13.4. The number of carbonyl (C=O) groups is 1. The molecule has 1 N–H and O–H groups in total. The van der Waals surface area contributed by atoms with E-state index in [0.717, 1.165) is 0 Å². The number of aliphatic hydroxyl groups is 1. The minimum Gasteiger partial charge on any atom is -0.395 e. The molecule has 0 saturated heterocycles. The third-order valence-corrected chi connectivity index (χ3v) is 2.35. The average Bonchev–Trinajstić information content (AvgIpc) is 2.39. The highest BCUT2D eigenvalue weighted by atomic mass is 19.3. The predicted octanol–water partition coefficient (Wildman–Crippen LogP) is 1.94. The lowest BCUT2D eigenvalue weighted by molar-refractivity contribution is 0.0503. The van der Waals surface area contributed by atoms with Crippen LogP contribution in [0.3, 0.4) is 0 Å². The molecular weight excluding hydrogens is 292 g/mol. The van der Waals surface area contributed by atoms with Gasteiger partial charge in [-0.15, -0.1) is 0 Å². The summed E-state index contributed by atoms with van der Waals surface area (Å²) in [4.78, 5) is 12.0. The fraction of sp³-hybridized carbons (Fsp3) is 0.364. The van der Waals surface area contributed by atoms with Gasteiger partial charge in [0.25, 0.3) is 12.3 Å². The lowest BCUT2D eigenvalue weighted by Crippen LogP contribution is -2.38. The van der Waals surface area contributed by atoms with Crippen molar-refractivity contribution in [1.82, 2.24) is 4.90 Å². The summed E-state index contributed by atoms with van der Waals surface area (Å²) in [7, 11) is 0. The largest absolute Gasteiger partial charge is 0.395 e. The highest BCUT2D eigenvalue weighted by molar-refractivity contribution is 5.94. The van der Waals surface area contributed by atoms with E-state index in [-0.39, 0.29) is 6.07 Å². The highest BCUT2D eigenvalue weighted by Crippen LogP contribution is 2.20. The first-order chi connectivity index (χ1) is 9.29. The minimum atomic E-state index is -3.00. The van der Waals surface area contributed by atoms with Gasteiger partial charge in [-0.05, 0) is 6.07 Å². The second kappa shape index (κ2) is 6.60. The second-order valence-corrected chi connectivity index (χ2v) is 3.71. The molecule has 9 heteroatoms. The van der Waals surface area contributed by atoms with E-state index in [2.05, 4.69) is 0 Å². The molecule has 0 atom stereocenters. The van der Waals surface area contributed by atoms with Crippen LogP contribution < -0.4 is 0 Å². The van der Waals surface area contributed by atoms with E-state index in [9.17, 15) is 31.1 Å². The van der Waals surface area contributed by atoms with E-state index < -0.39 is 60.9 Å². The van der Waals surface area contributed by atoms with Crippen molar-refractivity contribution >= 4 is 5.91 Å². The molecule has 1 aromatic carbocycles. The molecule has 0 bridgehead atoms. The van der Waals surface area contributed by atoms with Crippen molar-refractivity contribution < 1.29 is 36.2 Å². The molecule has 0 aromatic heterocycles. The number of carbonyl (C=O) groups excluding carboxylic acids is 1. The molecule has 20 heavy (non-hydrogen) atoms. The fourth-order valence-corrected chi connectivity index (χ4v) is 1.46. The van der Waals surface area contributed by atoms with E-state index in [1.54, 1.807) is 0 Å². The van der Waals surface area contributed by atoms with Gasteiger partial charge in [0.2, 0.25) is 0 Å². The van der Waals surface area contributed by atoms with Gasteiger partial charge in [0.1, 0.15) is 0 Å². The van der Waals surface area contributed by atoms with Crippen molar-refractivity contribution in [3.8, 4) is 0 Å². The Bertz CT molecular complexity index is 508. The number of rotatable bonds is 5. The van der Waals surface area contributed by atoms with Crippen LogP contribution in [0.2, 0.25) is 0 Å². The fourth-order valence-electron chi connectivity index (χ4n) is 1.46. The van der Waals surface area contributed by atoms with Crippen LogP contribution in [0, 0.1) is 23.3 Å². The normalized spacial score (nSPS) is 11.0. The van der Waals surface area contributed by atoms with Gasteiger partial charge in [-0.25, -0.2) is 26.3 Å². The van der Waals surface area contributed by atoms with Gasteiger partial charge in [-0.1, -0.05) is 0 Å². The average molecular weight is 301 g/mol. The SMILES string of the molecule is O=C(c1cc(F)c(F)c(F)c1F)N(CCO)CC(F)F. The molecule has 0 unspecified atom stereocenters. The number of hydrogen-bond donors (Lipinski definition) is 1.